The maximum Gasteiger partial charge on any atom is 0.272 e. The molecule has 0 aliphatic heterocycles. The van der Waals surface area contributed by atoms with E-state index in [4.69, 9.17) is 0 Å². The van der Waals surface area contributed by atoms with Crippen molar-refractivity contribution in [3.05, 3.63) is 63.7 Å². The lowest BCUT2D eigenvalue weighted by Gasteiger charge is -2.58. The van der Waals surface area contributed by atoms with Gasteiger partial charge < -0.3 is 0 Å². The Hall–Kier alpha value is -2.56. The van der Waals surface area contributed by atoms with Crippen LogP contribution in [0.1, 0.15) is 57.9 Å². The highest BCUT2D eigenvalue weighted by Gasteiger charge is 2.60. The third-order valence-corrected chi connectivity index (χ3v) is 9.41. The standard InChI is InChI=1S/C27H31NO4/c1-26-13-11-20(29)16-19(26)15-18(8-7-17-5-3-4-6-23(17)28(31)32)25-21-9-10-24(30)27(21,2)14-12-22(25)26/h3-6,11,13,16,18,21-22,25H,7-10,12,14-15H2,1-2H3/t18-,21+,22+,25+,26+,27+/m1/s1. The number of allylic oxidation sites excluding steroid dienone is 4. The fourth-order valence-electron chi connectivity index (χ4n) is 7.66. The molecule has 0 N–H and O–H groups in total. The van der Waals surface area contributed by atoms with Crippen LogP contribution in [0.25, 0.3) is 0 Å². The number of hydrogen-bond acceptors (Lipinski definition) is 4. The highest BCUT2D eigenvalue weighted by atomic mass is 16.6. The van der Waals surface area contributed by atoms with Gasteiger partial charge in [-0.1, -0.05) is 43.7 Å². The fraction of sp³-hybridized carbons (Fsp3) is 0.556. The zero-order valence-corrected chi connectivity index (χ0v) is 18.9. The Morgan fingerprint density at radius 3 is 2.69 bits per heavy atom. The highest BCUT2D eigenvalue weighted by molar-refractivity contribution is 6.01. The van der Waals surface area contributed by atoms with E-state index in [1.54, 1.807) is 18.2 Å². The molecule has 0 spiro atoms. The van der Waals surface area contributed by atoms with Gasteiger partial charge in [0.25, 0.3) is 5.69 Å². The van der Waals surface area contributed by atoms with Gasteiger partial charge in [0.1, 0.15) is 5.78 Å². The molecule has 3 saturated carbocycles. The lowest BCUT2D eigenvalue weighted by Crippen LogP contribution is -2.53. The smallest absolute Gasteiger partial charge is 0.272 e. The van der Waals surface area contributed by atoms with Gasteiger partial charge in [-0.15, -0.1) is 0 Å². The van der Waals surface area contributed by atoms with E-state index < -0.39 is 0 Å². The Kier molecular flexibility index (Phi) is 4.99. The van der Waals surface area contributed by atoms with Crippen LogP contribution in [0.4, 0.5) is 5.69 Å². The normalized spacial score (nSPS) is 38.0. The number of hydrogen-bond donors (Lipinski definition) is 0. The van der Waals surface area contributed by atoms with Crippen molar-refractivity contribution >= 4 is 17.3 Å². The average molecular weight is 434 g/mol. The number of para-hydroxylation sites is 1. The van der Waals surface area contributed by atoms with E-state index >= 15 is 0 Å². The number of benzene rings is 1. The van der Waals surface area contributed by atoms with Gasteiger partial charge >= 0.3 is 0 Å². The highest BCUT2D eigenvalue weighted by Crippen LogP contribution is 2.65. The molecule has 0 bridgehead atoms. The molecule has 0 aromatic heterocycles. The first-order valence-electron chi connectivity index (χ1n) is 11.9. The van der Waals surface area contributed by atoms with Crippen molar-refractivity contribution in [1.29, 1.82) is 0 Å². The van der Waals surface area contributed by atoms with Crippen molar-refractivity contribution in [3.8, 4) is 0 Å². The number of Topliss-reactive ketones (excluding diaryl/α,β-unsaturated/α-hetero) is 1. The molecule has 0 saturated heterocycles. The lowest BCUT2D eigenvalue weighted by molar-refractivity contribution is -0.385. The van der Waals surface area contributed by atoms with Gasteiger partial charge in [-0.2, -0.15) is 0 Å². The molecule has 5 nitrogen and oxygen atoms in total. The molecule has 0 amide bonds. The number of fused-ring (bicyclic) bond motifs is 5. The maximum atomic E-state index is 12.9. The maximum absolute atomic E-state index is 12.9. The Morgan fingerprint density at radius 1 is 1.12 bits per heavy atom. The van der Waals surface area contributed by atoms with Crippen LogP contribution in [0, 0.1) is 44.6 Å². The lowest BCUT2D eigenvalue weighted by atomic mass is 9.45. The molecule has 5 rings (SSSR count). The SMILES string of the molecule is C[C@]12C=CC(=O)C=C1C[C@@H](CCc1ccccc1[N+](=O)[O-])[C@@H]1[C@@H]2CC[C@]2(C)C(=O)CC[C@@H]12. The molecule has 0 unspecified atom stereocenters. The predicted molar refractivity (Wildman–Crippen MR) is 122 cm³/mol. The van der Waals surface area contributed by atoms with Gasteiger partial charge in [0.2, 0.25) is 0 Å². The molecule has 1 aromatic carbocycles. The van der Waals surface area contributed by atoms with Gasteiger partial charge in [-0.3, -0.25) is 19.7 Å². The summed E-state index contributed by atoms with van der Waals surface area (Å²) in [6, 6.07) is 7.02. The van der Waals surface area contributed by atoms with Crippen LogP contribution in [0.5, 0.6) is 0 Å². The first kappa shape index (κ1) is 21.3. The minimum atomic E-state index is -0.295. The van der Waals surface area contributed by atoms with Crippen molar-refractivity contribution in [2.24, 2.45) is 34.5 Å². The number of aryl methyl sites for hydroxylation is 1. The summed E-state index contributed by atoms with van der Waals surface area (Å²) in [6.07, 6.45) is 11.6. The molecular formula is C27H31NO4. The first-order valence-corrected chi connectivity index (χ1v) is 11.9. The van der Waals surface area contributed by atoms with Crippen LogP contribution >= 0.6 is 0 Å². The summed E-state index contributed by atoms with van der Waals surface area (Å²) in [7, 11) is 0. The Bertz CT molecular complexity index is 1060. The van der Waals surface area contributed by atoms with E-state index in [0.717, 1.165) is 37.7 Å². The molecule has 0 heterocycles. The number of rotatable bonds is 4. The van der Waals surface area contributed by atoms with Gasteiger partial charge in [0, 0.05) is 28.9 Å². The number of nitro benzene ring substituents is 1. The third-order valence-electron chi connectivity index (χ3n) is 9.41. The summed E-state index contributed by atoms with van der Waals surface area (Å²) in [5.74, 6) is 1.99. The minimum absolute atomic E-state index is 0.0602. The van der Waals surface area contributed by atoms with Crippen LogP contribution < -0.4 is 0 Å². The minimum Gasteiger partial charge on any atom is -0.299 e. The Labute approximate surface area is 189 Å². The zero-order valence-electron chi connectivity index (χ0n) is 18.9. The number of carbonyl (C=O) groups is 2. The third kappa shape index (κ3) is 3.12. The molecular weight excluding hydrogens is 402 g/mol. The van der Waals surface area contributed by atoms with E-state index in [1.807, 2.05) is 18.2 Å². The molecule has 5 heteroatoms. The van der Waals surface area contributed by atoms with Crippen LogP contribution in [-0.2, 0) is 16.0 Å². The van der Waals surface area contributed by atoms with Gasteiger partial charge in [0.05, 0.1) is 4.92 Å². The number of ketones is 2. The second kappa shape index (κ2) is 7.50. The van der Waals surface area contributed by atoms with E-state index in [9.17, 15) is 19.7 Å². The average Bonchev–Trinajstić information content (AvgIpc) is 3.07. The quantitative estimate of drug-likeness (QED) is 0.455. The zero-order chi connectivity index (χ0) is 22.7. The summed E-state index contributed by atoms with van der Waals surface area (Å²) in [5, 5.41) is 11.5. The van der Waals surface area contributed by atoms with Crippen molar-refractivity contribution < 1.29 is 14.5 Å². The summed E-state index contributed by atoms with van der Waals surface area (Å²) < 4.78 is 0. The molecule has 32 heavy (non-hydrogen) atoms. The number of nitrogens with zero attached hydrogens (tertiary/aromatic N) is 1. The van der Waals surface area contributed by atoms with Gasteiger partial charge in [-0.05, 0) is 74.3 Å². The number of nitro groups is 1. The van der Waals surface area contributed by atoms with Gasteiger partial charge in [0.15, 0.2) is 5.78 Å². The van der Waals surface area contributed by atoms with Crippen LogP contribution in [-0.4, -0.2) is 16.5 Å². The molecule has 6 atom stereocenters. The topological polar surface area (TPSA) is 77.3 Å². The second-order valence-corrected chi connectivity index (χ2v) is 10.8. The van der Waals surface area contributed by atoms with Crippen molar-refractivity contribution in [1.82, 2.24) is 0 Å². The van der Waals surface area contributed by atoms with Crippen LogP contribution in [0.2, 0.25) is 0 Å². The largest absolute Gasteiger partial charge is 0.299 e. The van der Waals surface area contributed by atoms with E-state index in [-0.39, 0.29) is 27.2 Å². The molecule has 4 aliphatic rings. The van der Waals surface area contributed by atoms with Crippen LogP contribution in [0.3, 0.4) is 0 Å². The van der Waals surface area contributed by atoms with Crippen LogP contribution in [0.15, 0.2) is 48.1 Å². The van der Waals surface area contributed by atoms with Crippen molar-refractivity contribution in [2.45, 2.75) is 58.8 Å². The second-order valence-electron chi connectivity index (χ2n) is 10.8. The summed E-state index contributed by atoms with van der Waals surface area (Å²) in [4.78, 5) is 36.3. The first-order chi connectivity index (χ1) is 15.2. The molecule has 0 radical (unpaired) electrons. The summed E-state index contributed by atoms with van der Waals surface area (Å²) >= 11 is 0. The molecule has 168 valence electrons. The Balaban J connectivity index is 1.50. The van der Waals surface area contributed by atoms with Gasteiger partial charge in [-0.25, -0.2) is 0 Å². The predicted octanol–water partition coefficient (Wildman–Crippen LogP) is 5.63. The number of carbonyl (C=O) groups excluding carboxylic acids is 2. The fourth-order valence-corrected chi connectivity index (χ4v) is 7.66. The Morgan fingerprint density at radius 2 is 1.91 bits per heavy atom. The molecule has 3 fully saturated rings. The monoisotopic (exact) mass is 433 g/mol. The van der Waals surface area contributed by atoms with Crippen molar-refractivity contribution in [2.75, 3.05) is 0 Å². The summed E-state index contributed by atoms with van der Waals surface area (Å²) in [5.41, 5.74) is 1.82. The summed E-state index contributed by atoms with van der Waals surface area (Å²) in [6.45, 7) is 4.45. The van der Waals surface area contributed by atoms with Crippen molar-refractivity contribution in [3.63, 3.8) is 0 Å². The molecule has 1 aromatic rings. The molecule has 4 aliphatic carbocycles. The van der Waals surface area contributed by atoms with E-state index in [2.05, 4.69) is 19.9 Å². The van der Waals surface area contributed by atoms with E-state index in [0.29, 0.717) is 42.3 Å². The van der Waals surface area contributed by atoms with E-state index in [1.165, 1.54) is 5.57 Å².